The molecule has 2 aromatic carbocycles. The number of benzene rings is 2. The highest BCUT2D eigenvalue weighted by molar-refractivity contribution is 9.11. The van der Waals surface area contributed by atoms with Crippen LogP contribution in [0.1, 0.15) is 49.1 Å². The van der Waals surface area contributed by atoms with Crippen LogP contribution in [-0.4, -0.2) is 63.6 Å². The van der Waals surface area contributed by atoms with E-state index >= 15 is 0 Å². The van der Waals surface area contributed by atoms with E-state index in [0.717, 1.165) is 45.1 Å². The summed E-state index contributed by atoms with van der Waals surface area (Å²) in [6, 6.07) is 11.1. The third-order valence-electron chi connectivity index (χ3n) is 9.81. The summed E-state index contributed by atoms with van der Waals surface area (Å²) in [5, 5.41) is 39.6. The standard InChI is InChI=1S/C22H19Br2FN6O3.C16H16BrFN4O.C5H2BrFN2O2/c1-3-30-20(24)14(10-28-30)12-29-7-6-26-21(29)17-5-4-16(25)9-18(17)13(2)34-19-8-15(23)11-27-22(19)31(32)33;1-2-22-15(17)12(8-20-22)9-21-6-5-19-16(21)14-4-3-13(18)7-11(14)10-23;6-3-1-4(7)5(8-2-3)9(10)11/h4-11,13H,3,12H2,1-2H3;3-8,23H,2,9-10H2,1H3;1-2H. The Kier molecular flexibility index (Phi) is 17.5. The molecule has 8 aromatic rings. The molecule has 8 rings (SSSR count). The average Bonchev–Trinajstić information content (AvgIpc) is 4.12. The zero-order chi connectivity index (χ0) is 49.2. The molecule has 0 spiro atoms. The first-order chi connectivity index (χ1) is 32.5. The predicted molar refractivity (Wildman–Crippen MR) is 257 cm³/mol. The van der Waals surface area contributed by atoms with Crippen LogP contribution in [0.25, 0.3) is 22.8 Å². The maximum Gasteiger partial charge on any atom is 0.406 e. The number of hydrogen-bond acceptors (Lipinski definition) is 12. The summed E-state index contributed by atoms with van der Waals surface area (Å²) in [4.78, 5) is 35.8. The largest absolute Gasteiger partial charge is 0.478 e. The normalized spacial score (nSPS) is 11.3. The molecule has 1 unspecified atom stereocenters. The van der Waals surface area contributed by atoms with E-state index in [1.807, 2.05) is 50.9 Å². The fraction of sp³-hybridized carbons (Fsp3) is 0.209. The van der Waals surface area contributed by atoms with Crippen LogP contribution < -0.4 is 4.74 Å². The van der Waals surface area contributed by atoms with Crippen molar-refractivity contribution in [3.05, 3.63) is 176 Å². The first-order valence-corrected chi connectivity index (χ1v) is 23.2. The second-order valence-electron chi connectivity index (χ2n) is 14.2. The maximum atomic E-state index is 14.3. The highest BCUT2D eigenvalue weighted by Gasteiger charge is 2.24. The van der Waals surface area contributed by atoms with Gasteiger partial charge in [-0.25, -0.2) is 18.7 Å². The number of halogens is 7. The summed E-state index contributed by atoms with van der Waals surface area (Å²) in [7, 11) is 0. The minimum absolute atomic E-state index is 0.0265. The second kappa shape index (κ2) is 23.2. The molecular formula is C43H37Br4F3N12O6. The molecule has 6 aromatic heterocycles. The molecule has 0 aliphatic carbocycles. The zero-order valence-electron chi connectivity index (χ0n) is 35.9. The van der Waals surface area contributed by atoms with Crippen LogP contribution in [0.4, 0.5) is 24.8 Å². The highest BCUT2D eigenvalue weighted by Crippen LogP contribution is 2.36. The number of imidazole rings is 2. The van der Waals surface area contributed by atoms with Crippen molar-refractivity contribution in [1.82, 2.24) is 48.6 Å². The Balaban J connectivity index is 0.000000192. The molecular weight excluding hydrogens is 1160 g/mol. The predicted octanol–water partition coefficient (Wildman–Crippen LogP) is 11.0. The van der Waals surface area contributed by atoms with Crippen molar-refractivity contribution < 1.29 is 32.9 Å². The van der Waals surface area contributed by atoms with E-state index < -0.39 is 39.2 Å². The number of nitro groups is 2. The molecule has 0 saturated carbocycles. The van der Waals surface area contributed by atoms with Crippen molar-refractivity contribution in [2.45, 2.75) is 59.7 Å². The molecule has 0 fully saturated rings. The topological polar surface area (TPSA) is 213 Å². The lowest BCUT2D eigenvalue weighted by Crippen LogP contribution is -2.10. The van der Waals surface area contributed by atoms with E-state index in [2.05, 4.69) is 93.9 Å². The number of aromatic nitrogens is 10. The van der Waals surface area contributed by atoms with Crippen LogP contribution in [0.2, 0.25) is 0 Å². The van der Waals surface area contributed by atoms with E-state index in [9.17, 15) is 38.5 Å². The Morgan fingerprint density at radius 1 is 0.676 bits per heavy atom. The molecule has 0 bridgehead atoms. The number of pyridine rings is 2. The molecule has 0 aliphatic rings. The highest BCUT2D eigenvalue weighted by atomic mass is 79.9. The lowest BCUT2D eigenvalue weighted by molar-refractivity contribution is -0.392. The van der Waals surface area contributed by atoms with E-state index in [0.29, 0.717) is 50.4 Å². The van der Waals surface area contributed by atoms with Gasteiger partial charge in [0.15, 0.2) is 12.4 Å². The van der Waals surface area contributed by atoms with Gasteiger partial charge in [-0.15, -0.1) is 0 Å². The molecule has 18 nitrogen and oxygen atoms in total. The summed E-state index contributed by atoms with van der Waals surface area (Å²) in [5.74, 6) is -1.69. The average molecular weight is 1190 g/mol. The van der Waals surface area contributed by atoms with Gasteiger partial charge in [0.05, 0.1) is 41.0 Å². The molecule has 1 N–H and O–H groups in total. The number of hydrogen-bond donors (Lipinski definition) is 1. The van der Waals surface area contributed by atoms with Crippen LogP contribution in [0.15, 0.2) is 116 Å². The van der Waals surface area contributed by atoms with E-state index in [-0.39, 0.29) is 18.2 Å². The van der Waals surface area contributed by atoms with Crippen LogP contribution in [-0.2, 0) is 32.8 Å². The molecule has 0 saturated heterocycles. The second-order valence-corrected chi connectivity index (χ2v) is 17.5. The minimum atomic E-state index is -0.940. The van der Waals surface area contributed by atoms with Crippen LogP contribution in [0.5, 0.6) is 5.75 Å². The summed E-state index contributed by atoms with van der Waals surface area (Å²) >= 11 is 13.3. The number of aliphatic hydroxyl groups is 1. The Morgan fingerprint density at radius 3 is 1.68 bits per heavy atom. The third-order valence-corrected chi connectivity index (χ3v) is 12.5. The van der Waals surface area contributed by atoms with Gasteiger partial charge in [-0.3, -0.25) is 9.36 Å². The number of rotatable bonds is 14. The summed E-state index contributed by atoms with van der Waals surface area (Å²) in [6.07, 6.45) is 12.4. The first-order valence-electron chi connectivity index (χ1n) is 20.1. The van der Waals surface area contributed by atoms with Crippen LogP contribution >= 0.6 is 63.7 Å². The summed E-state index contributed by atoms with van der Waals surface area (Å²) in [6.45, 7) is 8.06. The van der Waals surface area contributed by atoms with E-state index in [1.54, 1.807) is 37.6 Å². The molecule has 1 atom stereocenters. The van der Waals surface area contributed by atoms with Gasteiger partial charge in [0.2, 0.25) is 11.6 Å². The number of aliphatic hydroxyl groups excluding tert-OH is 1. The minimum Gasteiger partial charge on any atom is -0.478 e. The Bertz CT molecular complexity index is 3070. The van der Waals surface area contributed by atoms with Gasteiger partial charge in [0.1, 0.15) is 38.6 Å². The molecule has 68 heavy (non-hydrogen) atoms. The van der Waals surface area contributed by atoms with Crippen LogP contribution in [0.3, 0.4) is 0 Å². The summed E-state index contributed by atoms with van der Waals surface area (Å²) in [5.41, 5.74) is 4.36. The smallest absolute Gasteiger partial charge is 0.406 e. The van der Waals surface area contributed by atoms with Gasteiger partial charge >= 0.3 is 11.6 Å². The zero-order valence-corrected chi connectivity index (χ0v) is 42.2. The quantitative estimate of drug-likeness (QED) is 0.0795. The maximum absolute atomic E-state index is 14.3. The first kappa shape index (κ1) is 51.2. The van der Waals surface area contributed by atoms with Crippen molar-refractivity contribution in [2.24, 2.45) is 0 Å². The van der Waals surface area contributed by atoms with Gasteiger partial charge in [0, 0.05) is 77.8 Å². The SMILES string of the molecule is CCn1ncc(Cn2ccnc2-c2ccc(F)cc2C(C)Oc2cc(Br)cnc2[N+](=O)[O-])c1Br.CCn1ncc(Cn2ccnc2-c2ccc(F)cc2CO)c1Br.O=[N+]([O-])c1ncc(Br)cc1F. The van der Waals surface area contributed by atoms with Crippen molar-refractivity contribution in [1.29, 1.82) is 0 Å². The Hall–Kier alpha value is -6.15. The van der Waals surface area contributed by atoms with Crippen molar-refractivity contribution in [2.75, 3.05) is 0 Å². The summed E-state index contributed by atoms with van der Waals surface area (Å²) < 4.78 is 56.4. The Labute approximate surface area is 418 Å². The molecule has 25 heteroatoms. The van der Waals surface area contributed by atoms with Gasteiger partial charge < -0.3 is 39.2 Å². The fourth-order valence-electron chi connectivity index (χ4n) is 6.62. The fourth-order valence-corrected chi connectivity index (χ4v) is 8.37. The molecule has 354 valence electrons. The number of ether oxygens (including phenoxy) is 1. The lowest BCUT2D eigenvalue weighted by Gasteiger charge is -2.19. The van der Waals surface area contributed by atoms with Crippen molar-refractivity contribution in [3.8, 4) is 28.5 Å². The van der Waals surface area contributed by atoms with E-state index in [4.69, 9.17) is 4.74 Å². The third kappa shape index (κ3) is 12.3. The van der Waals surface area contributed by atoms with Gasteiger partial charge in [-0.2, -0.15) is 14.6 Å². The molecule has 6 heterocycles. The van der Waals surface area contributed by atoms with Gasteiger partial charge in [-0.1, -0.05) is 0 Å². The molecule has 0 aliphatic heterocycles. The van der Waals surface area contributed by atoms with Crippen molar-refractivity contribution >= 4 is 75.4 Å². The molecule has 0 amide bonds. The number of nitrogens with zero attached hydrogens (tertiary/aromatic N) is 12. The Morgan fingerprint density at radius 2 is 1.18 bits per heavy atom. The van der Waals surface area contributed by atoms with E-state index in [1.165, 1.54) is 42.7 Å². The van der Waals surface area contributed by atoms with Crippen molar-refractivity contribution in [3.63, 3.8) is 0 Å². The number of aryl methyl sites for hydroxylation is 2. The molecule has 0 radical (unpaired) electrons. The lowest BCUT2D eigenvalue weighted by atomic mass is 10.0. The van der Waals surface area contributed by atoms with Gasteiger partial charge in [-0.05, 0) is 146 Å². The monoisotopic (exact) mass is 1190 g/mol. The van der Waals surface area contributed by atoms with Gasteiger partial charge in [0.25, 0.3) is 0 Å². The van der Waals surface area contributed by atoms with Crippen LogP contribution in [0, 0.1) is 37.7 Å².